The summed E-state index contributed by atoms with van der Waals surface area (Å²) in [7, 11) is 0. The summed E-state index contributed by atoms with van der Waals surface area (Å²) in [5, 5.41) is 120. The Hall–Kier alpha value is -3.29. The Morgan fingerprint density at radius 1 is 0.430 bits per heavy atom. The number of aliphatic hydroxyl groups excluding tert-OH is 11. The molecule has 86 heavy (non-hydrogen) atoms. The van der Waals surface area contributed by atoms with E-state index >= 15 is 0 Å². The van der Waals surface area contributed by atoms with Crippen molar-refractivity contribution in [3.63, 3.8) is 0 Å². The molecule has 0 spiro atoms. The molecule has 0 saturated carbocycles. The van der Waals surface area contributed by atoms with Crippen LogP contribution in [0.1, 0.15) is 187 Å². The van der Waals surface area contributed by atoms with Crippen LogP contribution in [0.4, 0.5) is 0 Å². The van der Waals surface area contributed by atoms with E-state index in [2.05, 4.69) is 116 Å². The van der Waals surface area contributed by atoms with Crippen LogP contribution in [0.2, 0.25) is 0 Å². The number of amides is 1. The molecule has 12 N–H and O–H groups in total. The first-order valence-corrected chi connectivity index (χ1v) is 32.5. The van der Waals surface area contributed by atoms with E-state index in [4.69, 9.17) is 28.4 Å². The van der Waals surface area contributed by atoms with Crippen molar-refractivity contribution in [2.75, 3.05) is 26.4 Å². The summed E-state index contributed by atoms with van der Waals surface area (Å²) in [6.07, 6.45) is 34.9. The second-order valence-electron chi connectivity index (χ2n) is 22.8. The number of hydrogen-bond donors (Lipinski definition) is 12. The highest BCUT2D eigenvalue weighted by Gasteiger charge is 2.53. The Morgan fingerprint density at radius 3 is 1.26 bits per heavy atom. The standard InChI is InChI=1S/C67H113NO18/c1-3-5-7-9-11-13-15-17-18-19-20-21-22-23-24-25-26-27-28-29-30-31-32-33-35-37-39-41-43-45-55(73)68-50(51(72)44-42-40-38-36-34-16-14-12-10-8-6-4-2)49-81-65-61(79)58(76)63(53(47-70)83-65)86-67-62(80)59(77)64(54(48-71)84-67)85-66-60(78)57(75)56(74)52(46-69)82-66/h5,7,11,13,17-18,20-21,23-24,26-27,29-30,32-33,50-54,56-67,69-72,74-80H,3-4,6,8-10,12,14-16,19,22,25,28,31,34-49H2,1-2H3,(H,68,73)/b7-5-,13-11-,18-17-,21-20-,24-23-,27-26-,30-29-,33-32-. The monoisotopic (exact) mass is 1220 g/mol. The highest BCUT2D eigenvalue weighted by atomic mass is 16.8. The number of nitrogens with one attached hydrogen (secondary N) is 1. The van der Waals surface area contributed by atoms with Crippen LogP contribution in [0.3, 0.4) is 0 Å². The lowest BCUT2D eigenvalue weighted by Gasteiger charge is -2.48. The smallest absolute Gasteiger partial charge is 0.220 e. The van der Waals surface area contributed by atoms with Gasteiger partial charge in [0.2, 0.25) is 5.91 Å². The summed E-state index contributed by atoms with van der Waals surface area (Å²) in [5.41, 5.74) is 0. The summed E-state index contributed by atoms with van der Waals surface area (Å²) in [6.45, 7) is 1.62. The highest BCUT2D eigenvalue weighted by Crippen LogP contribution is 2.33. The fourth-order valence-electron chi connectivity index (χ4n) is 10.4. The van der Waals surface area contributed by atoms with Gasteiger partial charge in [-0.15, -0.1) is 0 Å². The number of ether oxygens (including phenoxy) is 6. The van der Waals surface area contributed by atoms with Gasteiger partial charge in [0.05, 0.1) is 38.6 Å². The third-order valence-corrected chi connectivity index (χ3v) is 15.7. The number of aliphatic hydroxyl groups is 11. The van der Waals surface area contributed by atoms with E-state index in [1.54, 1.807) is 0 Å². The molecular formula is C67H113NO18. The number of rotatable bonds is 47. The molecule has 0 bridgehead atoms. The molecule has 3 aliphatic heterocycles. The van der Waals surface area contributed by atoms with E-state index < -0.39 is 124 Å². The third kappa shape index (κ3) is 31.0. The molecule has 3 aliphatic rings. The normalized spacial score (nSPS) is 29.4. The lowest BCUT2D eigenvalue weighted by molar-refractivity contribution is -0.379. The van der Waals surface area contributed by atoms with Crippen LogP contribution in [0.25, 0.3) is 0 Å². The minimum atomic E-state index is -1.98. The maximum Gasteiger partial charge on any atom is 0.220 e. The Morgan fingerprint density at radius 2 is 0.802 bits per heavy atom. The lowest BCUT2D eigenvalue weighted by atomic mass is 9.96. The topological polar surface area (TPSA) is 307 Å². The molecule has 3 saturated heterocycles. The van der Waals surface area contributed by atoms with Gasteiger partial charge in [-0.3, -0.25) is 4.79 Å². The second kappa shape index (κ2) is 48.5. The number of carbonyl (C=O) groups excluding carboxylic acids is 1. The molecule has 0 aliphatic carbocycles. The number of allylic oxidation sites excluding steroid dienone is 16. The maximum atomic E-state index is 13.4. The number of hydrogen-bond acceptors (Lipinski definition) is 18. The minimum Gasteiger partial charge on any atom is -0.394 e. The van der Waals surface area contributed by atoms with Crippen molar-refractivity contribution in [2.45, 2.75) is 291 Å². The molecule has 19 nitrogen and oxygen atoms in total. The van der Waals surface area contributed by atoms with E-state index in [0.717, 1.165) is 96.3 Å². The zero-order chi connectivity index (χ0) is 62.6. The molecule has 19 heteroatoms. The van der Waals surface area contributed by atoms with Crippen molar-refractivity contribution in [3.8, 4) is 0 Å². The van der Waals surface area contributed by atoms with E-state index in [1.165, 1.54) is 51.4 Å². The van der Waals surface area contributed by atoms with Gasteiger partial charge in [0.15, 0.2) is 18.9 Å². The Kier molecular flexibility index (Phi) is 43.4. The average Bonchev–Trinajstić information content (AvgIpc) is 2.62. The fraction of sp³-hybridized carbons (Fsp3) is 0.746. The molecule has 1 amide bonds. The molecule has 3 rings (SSSR count). The Bertz CT molecular complexity index is 1940. The van der Waals surface area contributed by atoms with Gasteiger partial charge in [0, 0.05) is 6.42 Å². The Labute approximate surface area is 513 Å². The molecule has 17 atom stereocenters. The molecular weight excluding hydrogens is 1110 g/mol. The van der Waals surface area contributed by atoms with Gasteiger partial charge < -0.3 is 89.9 Å². The van der Waals surface area contributed by atoms with Crippen LogP contribution in [0.15, 0.2) is 97.2 Å². The van der Waals surface area contributed by atoms with Crippen molar-refractivity contribution in [2.24, 2.45) is 0 Å². The molecule has 494 valence electrons. The molecule has 3 fully saturated rings. The second-order valence-corrected chi connectivity index (χ2v) is 22.8. The van der Waals surface area contributed by atoms with Gasteiger partial charge >= 0.3 is 0 Å². The summed E-state index contributed by atoms with van der Waals surface area (Å²) in [6, 6.07) is -0.907. The molecule has 0 radical (unpaired) electrons. The fourth-order valence-corrected chi connectivity index (χ4v) is 10.4. The van der Waals surface area contributed by atoms with Crippen LogP contribution in [-0.2, 0) is 33.2 Å². The summed E-state index contributed by atoms with van der Waals surface area (Å²) in [5.74, 6) is -0.273. The minimum absolute atomic E-state index is 0.230. The van der Waals surface area contributed by atoms with Gasteiger partial charge in [-0.25, -0.2) is 0 Å². The summed E-state index contributed by atoms with van der Waals surface area (Å²) >= 11 is 0. The number of carbonyl (C=O) groups is 1. The Balaban J connectivity index is 1.43. The first-order valence-electron chi connectivity index (χ1n) is 32.5. The molecule has 0 aromatic carbocycles. The molecule has 0 aromatic rings. The van der Waals surface area contributed by atoms with Gasteiger partial charge in [-0.05, 0) is 77.0 Å². The zero-order valence-electron chi connectivity index (χ0n) is 51.7. The van der Waals surface area contributed by atoms with E-state index in [-0.39, 0.29) is 18.9 Å². The average molecular weight is 1220 g/mol. The van der Waals surface area contributed by atoms with Crippen molar-refractivity contribution >= 4 is 5.91 Å². The molecule has 3 heterocycles. The lowest BCUT2D eigenvalue weighted by Crippen LogP contribution is -2.66. The zero-order valence-corrected chi connectivity index (χ0v) is 51.7. The SMILES string of the molecule is CC/C=C\C/C=C\C/C=C\C/C=C\C/C=C\C/C=C\C/C=C\C/C=C\CCCCCCC(=O)NC(COC1OC(CO)C(OC2OC(CO)C(OC3OC(CO)C(O)C(O)C3O)C(O)C2O)C(O)C1O)C(O)CCCCCCCCCCCCCC. The van der Waals surface area contributed by atoms with Crippen molar-refractivity contribution in [1.29, 1.82) is 0 Å². The van der Waals surface area contributed by atoms with Crippen LogP contribution in [-0.4, -0.2) is 193 Å². The number of unbranched alkanes of at least 4 members (excludes halogenated alkanes) is 15. The third-order valence-electron chi connectivity index (χ3n) is 15.7. The van der Waals surface area contributed by atoms with Crippen LogP contribution >= 0.6 is 0 Å². The highest BCUT2D eigenvalue weighted by molar-refractivity contribution is 5.76. The van der Waals surface area contributed by atoms with Crippen LogP contribution < -0.4 is 5.32 Å². The predicted molar refractivity (Wildman–Crippen MR) is 332 cm³/mol. The molecule has 17 unspecified atom stereocenters. The van der Waals surface area contributed by atoms with Crippen molar-refractivity contribution in [1.82, 2.24) is 5.32 Å². The van der Waals surface area contributed by atoms with Gasteiger partial charge in [-0.1, -0.05) is 201 Å². The largest absolute Gasteiger partial charge is 0.394 e. The van der Waals surface area contributed by atoms with E-state index in [1.807, 2.05) is 0 Å². The van der Waals surface area contributed by atoms with E-state index in [0.29, 0.717) is 19.3 Å². The van der Waals surface area contributed by atoms with Crippen molar-refractivity contribution < 1.29 is 89.4 Å². The van der Waals surface area contributed by atoms with Gasteiger partial charge in [-0.2, -0.15) is 0 Å². The first-order chi connectivity index (χ1) is 41.8. The first kappa shape index (κ1) is 77.0. The summed E-state index contributed by atoms with van der Waals surface area (Å²) < 4.78 is 34.3. The van der Waals surface area contributed by atoms with Gasteiger partial charge in [0.1, 0.15) is 73.2 Å². The van der Waals surface area contributed by atoms with Crippen molar-refractivity contribution in [3.05, 3.63) is 97.2 Å². The predicted octanol–water partition coefficient (Wildman–Crippen LogP) is 7.32. The maximum absolute atomic E-state index is 13.4. The van der Waals surface area contributed by atoms with Crippen LogP contribution in [0, 0.1) is 0 Å². The van der Waals surface area contributed by atoms with Crippen LogP contribution in [0.5, 0.6) is 0 Å². The van der Waals surface area contributed by atoms with Gasteiger partial charge in [0.25, 0.3) is 0 Å². The molecule has 0 aromatic heterocycles. The summed E-state index contributed by atoms with van der Waals surface area (Å²) in [4.78, 5) is 13.4. The van der Waals surface area contributed by atoms with E-state index in [9.17, 15) is 61.0 Å². The quantitative estimate of drug-likeness (QED) is 0.0210.